The van der Waals surface area contributed by atoms with Gasteiger partial charge in [-0.25, -0.2) is 9.78 Å². The highest BCUT2D eigenvalue weighted by Gasteiger charge is 2.37. The number of hydrogen-bond acceptors (Lipinski definition) is 4. The number of carbonyl (C=O) groups excluding carboxylic acids is 1. The Labute approximate surface area is 130 Å². The van der Waals surface area contributed by atoms with Gasteiger partial charge in [0, 0.05) is 0 Å². The zero-order chi connectivity index (χ0) is 16.1. The first-order chi connectivity index (χ1) is 10.2. The van der Waals surface area contributed by atoms with Crippen LogP contribution in [0.5, 0.6) is 0 Å². The van der Waals surface area contributed by atoms with Crippen molar-refractivity contribution in [2.24, 2.45) is 0 Å². The Morgan fingerprint density at radius 2 is 1.95 bits per heavy atom. The topological polar surface area (TPSA) is 56.1 Å². The molecule has 0 unspecified atom stereocenters. The number of anilines is 1. The molecule has 0 saturated heterocycles. The Morgan fingerprint density at radius 1 is 1.27 bits per heavy atom. The number of carbonyl (C=O) groups is 1. The van der Waals surface area contributed by atoms with Crippen LogP contribution in [0.25, 0.3) is 5.69 Å². The fourth-order valence-corrected chi connectivity index (χ4v) is 2.79. The van der Waals surface area contributed by atoms with E-state index in [0.29, 0.717) is 5.69 Å². The molecule has 22 heavy (non-hydrogen) atoms. The van der Waals surface area contributed by atoms with E-state index in [4.69, 9.17) is 4.74 Å². The Balaban J connectivity index is 2.13. The second-order valence-corrected chi connectivity index (χ2v) is 7.08. The van der Waals surface area contributed by atoms with Crippen molar-refractivity contribution in [2.45, 2.75) is 45.8 Å². The van der Waals surface area contributed by atoms with Crippen molar-refractivity contribution in [1.29, 1.82) is 0 Å². The molecule has 1 aliphatic heterocycles. The minimum Gasteiger partial charge on any atom is -0.455 e. The smallest absolute Gasteiger partial charge is 0.359 e. The summed E-state index contributed by atoms with van der Waals surface area (Å²) in [6.45, 7) is 9.62. The van der Waals surface area contributed by atoms with Gasteiger partial charge in [0.1, 0.15) is 11.9 Å². The maximum absolute atomic E-state index is 12.5. The molecule has 0 saturated carbocycles. The van der Waals surface area contributed by atoms with E-state index < -0.39 is 17.1 Å². The zero-order valence-electron chi connectivity index (χ0n) is 13.6. The Bertz CT molecular complexity index is 739. The molecule has 116 valence electrons. The number of para-hydroxylation sites is 2. The minimum absolute atomic E-state index is 0.363. The highest BCUT2D eigenvalue weighted by molar-refractivity contribution is 5.90. The van der Waals surface area contributed by atoms with Crippen LogP contribution in [0.1, 0.15) is 50.8 Å². The third-order valence-electron chi connectivity index (χ3n) is 3.56. The highest BCUT2D eigenvalue weighted by atomic mass is 16.6. The average Bonchev–Trinajstić information content (AvgIpc) is 2.82. The summed E-state index contributed by atoms with van der Waals surface area (Å²) in [5, 5.41) is 3.47. The first kappa shape index (κ1) is 14.6. The molecule has 1 aliphatic rings. The third kappa shape index (κ3) is 2.36. The van der Waals surface area contributed by atoms with E-state index in [1.165, 1.54) is 0 Å². The van der Waals surface area contributed by atoms with Gasteiger partial charge in [-0.2, -0.15) is 0 Å². The van der Waals surface area contributed by atoms with Gasteiger partial charge in [0.25, 0.3) is 0 Å². The van der Waals surface area contributed by atoms with Gasteiger partial charge >= 0.3 is 5.97 Å². The maximum Gasteiger partial charge on any atom is 0.359 e. The molecule has 0 radical (unpaired) electrons. The molecule has 0 fully saturated rings. The molecule has 5 heteroatoms. The molecule has 0 aliphatic carbocycles. The standard InChI is InChI=1S/C17H21N3O2/c1-16(2,3)22-15(21)13-14-17(4,5)19-11-8-6-7-9-12(11)20(14)10-18-13/h6-10,19H,1-5H3. The van der Waals surface area contributed by atoms with E-state index in [2.05, 4.69) is 10.3 Å². The van der Waals surface area contributed by atoms with Crippen molar-refractivity contribution in [1.82, 2.24) is 9.55 Å². The summed E-state index contributed by atoms with van der Waals surface area (Å²) in [6.07, 6.45) is 1.69. The van der Waals surface area contributed by atoms with Crippen molar-refractivity contribution in [3.8, 4) is 5.69 Å². The van der Waals surface area contributed by atoms with Crippen LogP contribution in [-0.4, -0.2) is 21.1 Å². The zero-order valence-corrected chi connectivity index (χ0v) is 13.6. The molecular weight excluding hydrogens is 278 g/mol. The molecule has 0 atom stereocenters. The van der Waals surface area contributed by atoms with Gasteiger partial charge in [-0.05, 0) is 46.8 Å². The number of esters is 1. The van der Waals surface area contributed by atoms with Gasteiger partial charge in [0.05, 0.1) is 22.6 Å². The molecule has 5 nitrogen and oxygen atoms in total. The summed E-state index contributed by atoms with van der Waals surface area (Å²) in [4.78, 5) is 16.8. The van der Waals surface area contributed by atoms with E-state index in [1.54, 1.807) is 6.33 Å². The molecule has 0 spiro atoms. The fourth-order valence-electron chi connectivity index (χ4n) is 2.79. The first-order valence-corrected chi connectivity index (χ1v) is 7.38. The first-order valence-electron chi connectivity index (χ1n) is 7.38. The van der Waals surface area contributed by atoms with E-state index in [0.717, 1.165) is 17.1 Å². The van der Waals surface area contributed by atoms with Gasteiger partial charge in [0.2, 0.25) is 0 Å². The molecule has 3 rings (SSSR count). The number of nitrogens with zero attached hydrogens (tertiary/aromatic N) is 2. The van der Waals surface area contributed by atoms with Gasteiger partial charge in [-0.15, -0.1) is 0 Å². The lowest BCUT2D eigenvalue weighted by atomic mass is 9.94. The SMILES string of the molecule is CC(C)(C)OC(=O)c1ncn2c1C(C)(C)Nc1ccccc1-2. The molecule has 0 bridgehead atoms. The summed E-state index contributed by atoms with van der Waals surface area (Å²) in [5.74, 6) is -0.393. The number of nitrogens with one attached hydrogen (secondary N) is 1. The maximum atomic E-state index is 12.5. The molecule has 1 aromatic carbocycles. The van der Waals surface area contributed by atoms with Crippen LogP contribution in [0.2, 0.25) is 0 Å². The van der Waals surface area contributed by atoms with Crippen LogP contribution in [0.3, 0.4) is 0 Å². The molecule has 2 heterocycles. The normalized spacial score (nSPS) is 15.5. The molecule has 2 aromatic rings. The lowest BCUT2D eigenvalue weighted by Gasteiger charge is -2.35. The van der Waals surface area contributed by atoms with Crippen LogP contribution in [0.15, 0.2) is 30.6 Å². The Morgan fingerprint density at radius 3 is 2.64 bits per heavy atom. The summed E-state index contributed by atoms with van der Waals surface area (Å²) in [5.41, 5.74) is 2.23. The van der Waals surface area contributed by atoms with E-state index in [1.807, 2.05) is 63.5 Å². The lowest BCUT2D eigenvalue weighted by molar-refractivity contribution is 0.00606. The summed E-state index contributed by atoms with van der Waals surface area (Å²) < 4.78 is 7.45. The van der Waals surface area contributed by atoms with E-state index >= 15 is 0 Å². The number of benzene rings is 1. The second kappa shape index (κ2) is 4.60. The molecule has 1 N–H and O–H groups in total. The second-order valence-electron chi connectivity index (χ2n) is 7.08. The number of hydrogen-bond donors (Lipinski definition) is 1. The number of imidazole rings is 1. The van der Waals surface area contributed by atoms with Gasteiger partial charge in [-0.1, -0.05) is 12.1 Å². The number of rotatable bonds is 1. The van der Waals surface area contributed by atoms with Crippen LogP contribution in [0.4, 0.5) is 5.69 Å². The summed E-state index contributed by atoms with van der Waals surface area (Å²) in [6, 6.07) is 7.98. The number of ether oxygens (including phenoxy) is 1. The lowest BCUT2D eigenvalue weighted by Crippen LogP contribution is -2.37. The number of aromatic nitrogens is 2. The predicted octanol–water partition coefficient (Wildman–Crippen LogP) is 3.49. The van der Waals surface area contributed by atoms with Crippen LogP contribution in [0, 0.1) is 0 Å². The quantitative estimate of drug-likeness (QED) is 0.819. The van der Waals surface area contributed by atoms with Crippen molar-refractivity contribution >= 4 is 11.7 Å². The molecular formula is C17H21N3O2. The van der Waals surface area contributed by atoms with Crippen LogP contribution < -0.4 is 5.32 Å². The Hall–Kier alpha value is -2.30. The summed E-state index contributed by atoms with van der Waals surface area (Å²) >= 11 is 0. The fraction of sp³-hybridized carbons (Fsp3) is 0.412. The predicted molar refractivity (Wildman–Crippen MR) is 85.4 cm³/mol. The number of fused-ring (bicyclic) bond motifs is 3. The Kier molecular flexibility index (Phi) is 3.06. The van der Waals surface area contributed by atoms with Crippen LogP contribution in [-0.2, 0) is 10.3 Å². The van der Waals surface area contributed by atoms with Crippen molar-refractivity contribution in [3.05, 3.63) is 42.0 Å². The van der Waals surface area contributed by atoms with Crippen molar-refractivity contribution in [3.63, 3.8) is 0 Å². The molecule has 1 aromatic heterocycles. The van der Waals surface area contributed by atoms with E-state index in [-0.39, 0.29) is 0 Å². The van der Waals surface area contributed by atoms with Gasteiger partial charge in [-0.3, -0.25) is 4.57 Å². The van der Waals surface area contributed by atoms with Gasteiger partial charge in [0.15, 0.2) is 5.69 Å². The average molecular weight is 299 g/mol. The summed E-state index contributed by atoms with van der Waals surface area (Å²) in [7, 11) is 0. The van der Waals surface area contributed by atoms with Crippen LogP contribution >= 0.6 is 0 Å². The third-order valence-corrected chi connectivity index (χ3v) is 3.56. The molecule has 0 amide bonds. The largest absolute Gasteiger partial charge is 0.455 e. The highest BCUT2D eigenvalue weighted by Crippen LogP contribution is 2.38. The van der Waals surface area contributed by atoms with Crippen molar-refractivity contribution < 1.29 is 9.53 Å². The van der Waals surface area contributed by atoms with E-state index in [9.17, 15) is 4.79 Å². The van der Waals surface area contributed by atoms with Gasteiger partial charge < -0.3 is 10.1 Å². The minimum atomic E-state index is -0.544. The van der Waals surface area contributed by atoms with Crippen molar-refractivity contribution in [2.75, 3.05) is 5.32 Å². The monoisotopic (exact) mass is 299 g/mol.